The number of aromatic nitrogens is 1. The number of Topliss-reactive ketones (excluding diaryl/α,β-unsaturated/α-hetero) is 1. The minimum atomic E-state index is -5.11. The number of nitrogens with one attached hydrogen (secondary N) is 4. The summed E-state index contributed by atoms with van der Waals surface area (Å²) in [5.41, 5.74) is 1.90. The van der Waals surface area contributed by atoms with E-state index in [2.05, 4.69) is 16.0 Å². The molecule has 2 aromatic rings. The van der Waals surface area contributed by atoms with Crippen molar-refractivity contribution in [2.45, 2.75) is 102 Å². The molecule has 3 aliphatic rings. The zero-order valence-electron chi connectivity index (χ0n) is 37.2. The molecule has 7 atom stereocenters. The number of ether oxygens (including phenoxy) is 2. The Morgan fingerprint density at radius 3 is 2.42 bits per heavy atom. The van der Waals surface area contributed by atoms with Crippen molar-refractivity contribution in [3.05, 3.63) is 63.1 Å². The summed E-state index contributed by atoms with van der Waals surface area (Å²) >= 11 is 1.23. The number of likely N-dealkylation sites (tertiary alicyclic amines) is 1. The standard InChI is InChI=1S/C42H55N7O13S2.Na/c1-6-24(3)34-35(51)38(54)44-29(19-26-11-13-28(50)14-12-26)39-43-27(22-63-39)18-23(2)17-25(4)42(57)62-21-30(40(55)48-15-8-10-33(48)37(53)46-34)45-36(52)32-9-7-16-49(32)41(56)31(20-61-5)47-64(58,59)60;/h11-14,17-18,22,24,29-34,47,50H,6-10,15-16,19-21H2,1-5H3,(H,44,54)(H,45,52)(H,46,53)(H,58,59,60);/q;+1/p-1/b23-18+,25-17-;/t24-,29+,30?,31-,32?,33+,34?;/m1./s1. The SMILES string of the molecule is CC[C@@H](C)C1NC(=O)[C@@H]2CCCN2C(=O)C(NC(=O)C2CCCN2C(=O)[C@@H](COC)NS(=O)(=O)[O-])COC(=O)/C(C)=C\C(C)=C\c2csc(n2)[C@H](Cc2ccc(O)cc2)NC(=O)C1=O.[Na+]. The van der Waals surface area contributed by atoms with Gasteiger partial charge in [-0.15, -0.1) is 11.3 Å². The monoisotopic (exact) mass is 951 g/mol. The second-order valence-corrected chi connectivity index (χ2v) is 18.1. The number of methoxy groups -OCH3 is 1. The van der Waals surface area contributed by atoms with Crippen molar-refractivity contribution in [1.82, 2.24) is 35.5 Å². The predicted octanol–water partition coefficient (Wildman–Crippen LogP) is -2.21. The van der Waals surface area contributed by atoms with Crippen LogP contribution >= 0.6 is 11.3 Å². The summed E-state index contributed by atoms with van der Waals surface area (Å²) in [6, 6.07) is -1.39. The number of carbonyl (C=O) groups is 7. The van der Waals surface area contributed by atoms with Crippen molar-refractivity contribution in [2.75, 3.05) is 33.4 Å². The maximum atomic E-state index is 14.5. The molecule has 0 saturated carbocycles. The van der Waals surface area contributed by atoms with Gasteiger partial charge in [0.25, 0.3) is 5.91 Å². The van der Waals surface area contributed by atoms with Gasteiger partial charge in [-0.25, -0.2) is 22.9 Å². The van der Waals surface area contributed by atoms with Gasteiger partial charge in [0.2, 0.25) is 29.4 Å². The number of hydrogen-bond acceptors (Lipinski definition) is 15. The number of nitrogens with zero attached hydrogens (tertiary/aromatic N) is 3. The molecule has 3 unspecified atom stereocenters. The number of thiazole rings is 1. The van der Waals surface area contributed by atoms with Crippen LogP contribution in [0.2, 0.25) is 0 Å². The second kappa shape index (κ2) is 23.8. The van der Waals surface area contributed by atoms with E-state index in [-0.39, 0.29) is 73.2 Å². The summed E-state index contributed by atoms with van der Waals surface area (Å²) in [6.45, 7) is 5.53. The normalized spacial score (nSPS) is 25.3. The number of amides is 5. The van der Waals surface area contributed by atoms with Crippen LogP contribution in [0.3, 0.4) is 0 Å². The van der Waals surface area contributed by atoms with E-state index in [1.807, 2.05) is 0 Å². The minimum absolute atomic E-state index is 0. The van der Waals surface area contributed by atoms with Crippen molar-refractivity contribution in [3.8, 4) is 5.75 Å². The second-order valence-electron chi connectivity index (χ2n) is 16.1. The van der Waals surface area contributed by atoms with E-state index in [0.29, 0.717) is 35.5 Å². The Morgan fingerprint density at radius 2 is 1.75 bits per heavy atom. The Morgan fingerprint density at radius 1 is 1.06 bits per heavy atom. The molecule has 2 bridgehead atoms. The van der Waals surface area contributed by atoms with Gasteiger partial charge in [0.15, 0.2) is 10.3 Å². The third-order valence-corrected chi connectivity index (χ3v) is 12.8. The number of carbonyl (C=O) groups excluding carboxylic acids is 7. The first-order valence-electron chi connectivity index (χ1n) is 20.9. The fraction of sp³-hybridized carbons (Fsp3) is 0.524. The smallest absolute Gasteiger partial charge is 0.735 e. The maximum Gasteiger partial charge on any atom is 1.00 e. The Bertz CT molecular complexity index is 2270. The Hall–Kier alpha value is -4.55. The van der Waals surface area contributed by atoms with Crippen LogP contribution < -0.4 is 50.2 Å². The van der Waals surface area contributed by atoms with Crippen LogP contribution in [0.5, 0.6) is 5.75 Å². The van der Waals surface area contributed by atoms with Crippen LogP contribution in [-0.2, 0) is 59.8 Å². The van der Waals surface area contributed by atoms with E-state index >= 15 is 0 Å². The molecule has 1 aromatic heterocycles. The third kappa shape index (κ3) is 14.2. The van der Waals surface area contributed by atoms with Crippen molar-refractivity contribution < 1.29 is 90.7 Å². The number of aromatic hydroxyl groups is 1. The third-order valence-electron chi connectivity index (χ3n) is 11.3. The Kier molecular flexibility index (Phi) is 19.4. The molecule has 5 rings (SSSR count). The molecule has 3 aliphatic heterocycles. The number of hydrogen-bond donors (Lipinski definition) is 5. The quantitative estimate of drug-likeness (QED) is 0.0692. The number of ketones is 1. The molecule has 348 valence electrons. The van der Waals surface area contributed by atoms with Gasteiger partial charge in [0.1, 0.15) is 41.5 Å². The fourth-order valence-corrected chi connectivity index (χ4v) is 9.15. The van der Waals surface area contributed by atoms with Gasteiger partial charge in [-0.3, -0.25) is 28.8 Å². The molecule has 20 nitrogen and oxygen atoms in total. The first-order chi connectivity index (χ1) is 30.3. The molecule has 0 spiro atoms. The number of cyclic esters (lactones) is 1. The molecule has 4 heterocycles. The number of benzene rings is 1. The van der Waals surface area contributed by atoms with Crippen LogP contribution in [0.4, 0.5) is 0 Å². The molecule has 0 aliphatic carbocycles. The summed E-state index contributed by atoms with van der Waals surface area (Å²) in [5.74, 6) is -6.52. The zero-order chi connectivity index (χ0) is 46.9. The Balaban J connectivity index is 0.00000925. The minimum Gasteiger partial charge on any atom is -0.735 e. The largest absolute Gasteiger partial charge is 1.00 e. The van der Waals surface area contributed by atoms with Gasteiger partial charge in [-0.05, 0) is 87.3 Å². The number of allylic oxidation sites excluding steroid dienone is 2. The molecule has 2 saturated heterocycles. The first kappa shape index (κ1) is 53.1. The van der Waals surface area contributed by atoms with Crippen LogP contribution in [0, 0.1) is 5.92 Å². The van der Waals surface area contributed by atoms with E-state index in [1.165, 1.54) is 48.5 Å². The molecule has 5 N–H and O–H groups in total. The van der Waals surface area contributed by atoms with Crippen LogP contribution in [0.1, 0.15) is 82.1 Å². The van der Waals surface area contributed by atoms with Crippen molar-refractivity contribution >= 4 is 69.0 Å². The van der Waals surface area contributed by atoms with Gasteiger partial charge < -0.3 is 44.9 Å². The first-order valence-corrected chi connectivity index (χ1v) is 23.1. The number of phenolic OH excluding ortho intramolecular Hbond substituents is 1. The van der Waals surface area contributed by atoms with Crippen molar-refractivity contribution in [1.29, 1.82) is 0 Å². The van der Waals surface area contributed by atoms with Crippen molar-refractivity contribution in [2.24, 2.45) is 5.92 Å². The molecule has 23 heteroatoms. The number of esters is 1. The van der Waals surface area contributed by atoms with E-state index in [0.717, 1.165) is 10.5 Å². The summed E-state index contributed by atoms with van der Waals surface area (Å²) in [6.07, 6.45) is 4.70. The summed E-state index contributed by atoms with van der Waals surface area (Å²) in [7, 11) is -3.92. The molecule has 5 amide bonds. The number of phenols is 1. The fourth-order valence-electron chi connectivity index (χ4n) is 7.81. The average molecular weight is 952 g/mol. The molecule has 65 heavy (non-hydrogen) atoms. The summed E-state index contributed by atoms with van der Waals surface area (Å²) in [5, 5.41) is 20.2. The zero-order valence-corrected chi connectivity index (χ0v) is 40.8. The number of rotatable bonds is 11. The van der Waals surface area contributed by atoms with Crippen LogP contribution in [0.25, 0.3) is 6.08 Å². The van der Waals surface area contributed by atoms with E-state index in [9.17, 15) is 51.6 Å². The van der Waals surface area contributed by atoms with E-state index in [1.54, 1.807) is 49.1 Å². The van der Waals surface area contributed by atoms with Gasteiger partial charge in [-0.1, -0.05) is 32.4 Å². The Labute approximate surface area is 403 Å². The molecule has 2 fully saturated rings. The van der Waals surface area contributed by atoms with Gasteiger partial charge >= 0.3 is 35.5 Å². The molecule has 1 aromatic carbocycles. The van der Waals surface area contributed by atoms with Crippen molar-refractivity contribution in [3.63, 3.8) is 0 Å². The van der Waals surface area contributed by atoms with Crippen LogP contribution in [0.15, 0.2) is 46.9 Å². The summed E-state index contributed by atoms with van der Waals surface area (Å²) in [4.78, 5) is 104. The van der Waals surface area contributed by atoms with Gasteiger partial charge in [-0.2, -0.15) is 0 Å². The van der Waals surface area contributed by atoms with Crippen LogP contribution in [-0.4, -0.2) is 138 Å². The predicted molar refractivity (Wildman–Crippen MR) is 229 cm³/mol. The maximum absolute atomic E-state index is 14.5. The summed E-state index contributed by atoms with van der Waals surface area (Å²) < 4.78 is 46.7. The topological polar surface area (TPSA) is 283 Å². The van der Waals surface area contributed by atoms with Gasteiger partial charge in [0.05, 0.1) is 24.4 Å². The number of fused-ring (bicyclic) bond motifs is 3. The van der Waals surface area contributed by atoms with Gasteiger partial charge in [0, 0.05) is 31.2 Å². The van der Waals surface area contributed by atoms with E-state index < -0.39 is 107 Å². The molecule has 0 radical (unpaired) electrons. The van der Waals surface area contributed by atoms with E-state index in [4.69, 9.17) is 14.5 Å². The molecular weight excluding hydrogens is 898 g/mol. The molecular formula is C42H54N7NaO13S2. The average Bonchev–Trinajstić information content (AvgIpc) is 4.05.